The highest BCUT2D eigenvalue weighted by Gasteiger charge is 2.13. The largest absolute Gasteiger partial charge is 0.461 e. The van der Waals surface area contributed by atoms with E-state index in [1.807, 2.05) is 25.1 Å². The van der Waals surface area contributed by atoms with E-state index >= 15 is 0 Å². The van der Waals surface area contributed by atoms with Crippen LogP contribution in [0.4, 0.5) is 0 Å². The molecule has 0 atom stereocenters. The predicted molar refractivity (Wildman–Crippen MR) is 72.1 cm³/mol. The molecule has 5 nitrogen and oxygen atoms in total. The Bertz CT molecular complexity index is 577. The van der Waals surface area contributed by atoms with Gasteiger partial charge in [-0.25, -0.2) is 4.79 Å². The summed E-state index contributed by atoms with van der Waals surface area (Å²) in [7, 11) is 0. The van der Waals surface area contributed by atoms with Crippen LogP contribution in [0.15, 0.2) is 34.9 Å². The van der Waals surface area contributed by atoms with Gasteiger partial charge in [-0.2, -0.15) is 0 Å². The van der Waals surface area contributed by atoms with Crippen molar-refractivity contribution >= 4 is 5.97 Å². The summed E-state index contributed by atoms with van der Waals surface area (Å²) in [6.07, 6.45) is 0. The minimum absolute atomic E-state index is 0.168. The van der Waals surface area contributed by atoms with Gasteiger partial charge in [0.05, 0.1) is 13.2 Å². The molecule has 0 saturated carbocycles. The van der Waals surface area contributed by atoms with E-state index in [0.29, 0.717) is 19.0 Å². The number of hydrogen-bond donors (Lipinski definition) is 0. The van der Waals surface area contributed by atoms with Crippen LogP contribution < -0.4 is 0 Å². The first-order valence-corrected chi connectivity index (χ1v) is 6.45. The minimum atomic E-state index is -0.485. The standard InChI is InChI=1S/C15H17NO4/c1-3-19-15(17)14-8-13(20-16-14)10-18-9-12-6-4-5-11(2)7-12/h4-8H,3,9-10H2,1-2H3. The van der Waals surface area contributed by atoms with Crippen LogP contribution in [0, 0.1) is 6.92 Å². The molecule has 5 heteroatoms. The van der Waals surface area contributed by atoms with Gasteiger partial charge in [-0.1, -0.05) is 35.0 Å². The molecule has 0 aliphatic rings. The number of carbonyl (C=O) groups is 1. The van der Waals surface area contributed by atoms with Crippen LogP contribution in [0.25, 0.3) is 0 Å². The van der Waals surface area contributed by atoms with Crippen LogP contribution in [0.3, 0.4) is 0 Å². The van der Waals surface area contributed by atoms with Gasteiger partial charge in [0.2, 0.25) is 0 Å². The van der Waals surface area contributed by atoms with Crippen molar-refractivity contribution in [2.45, 2.75) is 27.1 Å². The summed E-state index contributed by atoms with van der Waals surface area (Å²) in [5.74, 6) is 0.0156. The number of aromatic nitrogens is 1. The summed E-state index contributed by atoms with van der Waals surface area (Å²) < 4.78 is 15.4. The van der Waals surface area contributed by atoms with Gasteiger partial charge in [-0.3, -0.25) is 0 Å². The van der Waals surface area contributed by atoms with Crippen LogP contribution in [0.2, 0.25) is 0 Å². The highest BCUT2D eigenvalue weighted by molar-refractivity contribution is 5.87. The van der Waals surface area contributed by atoms with Gasteiger partial charge in [0.1, 0.15) is 6.61 Å². The van der Waals surface area contributed by atoms with E-state index in [1.54, 1.807) is 6.92 Å². The number of ether oxygens (including phenoxy) is 2. The van der Waals surface area contributed by atoms with Crippen molar-refractivity contribution in [3.8, 4) is 0 Å². The number of rotatable bonds is 6. The molecule has 0 aliphatic carbocycles. The summed E-state index contributed by atoms with van der Waals surface area (Å²) in [5.41, 5.74) is 2.45. The number of hydrogen-bond acceptors (Lipinski definition) is 5. The molecule has 1 aromatic carbocycles. The summed E-state index contributed by atoms with van der Waals surface area (Å²) in [6.45, 7) is 4.83. The Hall–Kier alpha value is -2.14. The second-order valence-corrected chi connectivity index (χ2v) is 4.38. The van der Waals surface area contributed by atoms with E-state index in [2.05, 4.69) is 11.2 Å². The van der Waals surface area contributed by atoms with Gasteiger partial charge in [-0.15, -0.1) is 0 Å². The topological polar surface area (TPSA) is 61.6 Å². The van der Waals surface area contributed by atoms with Crippen LogP contribution in [-0.4, -0.2) is 17.7 Å². The Morgan fingerprint density at radius 1 is 1.30 bits per heavy atom. The third-order valence-electron chi connectivity index (χ3n) is 2.64. The Labute approximate surface area is 117 Å². The molecule has 2 rings (SSSR count). The third-order valence-corrected chi connectivity index (χ3v) is 2.64. The second kappa shape index (κ2) is 6.86. The fraction of sp³-hybridized carbons (Fsp3) is 0.333. The Kier molecular flexibility index (Phi) is 4.90. The maximum Gasteiger partial charge on any atom is 0.360 e. The molecule has 2 aromatic rings. The summed E-state index contributed by atoms with van der Waals surface area (Å²) >= 11 is 0. The maximum absolute atomic E-state index is 11.4. The molecule has 0 bridgehead atoms. The molecule has 1 aromatic heterocycles. The van der Waals surface area contributed by atoms with Crippen molar-refractivity contribution in [1.82, 2.24) is 5.16 Å². The van der Waals surface area contributed by atoms with Crippen LogP contribution >= 0.6 is 0 Å². The van der Waals surface area contributed by atoms with Crippen molar-refractivity contribution in [3.05, 3.63) is 52.9 Å². The molecule has 0 amide bonds. The maximum atomic E-state index is 11.4. The molecule has 0 fully saturated rings. The average molecular weight is 275 g/mol. The van der Waals surface area contributed by atoms with E-state index in [1.165, 1.54) is 11.6 Å². The molecule has 0 aliphatic heterocycles. The van der Waals surface area contributed by atoms with E-state index < -0.39 is 5.97 Å². The summed E-state index contributed by atoms with van der Waals surface area (Å²) in [4.78, 5) is 11.4. The lowest BCUT2D eigenvalue weighted by atomic mass is 10.1. The molecule has 1 heterocycles. The molecular weight excluding hydrogens is 258 g/mol. The molecule has 106 valence electrons. The molecular formula is C15H17NO4. The van der Waals surface area contributed by atoms with E-state index in [4.69, 9.17) is 14.0 Å². The molecule has 0 unspecified atom stereocenters. The number of aryl methyl sites for hydroxylation is 1. The zero-order valence-corrected chi connectivity index (χ0v) is 11.6. The van der Waals surface area contributed by atoms with Gasteiger partial charge in [0, 0.05) is 6.07 Å². The fourth-order valence-electron chi connectivity index (χ4n) is 1.75. The van der Waals surface area contributed by atoms with Gasteiger partial charge >= 0.3 is 5.97 Å². The SMILES string of the molecule is CCOC(=O)c1cc(COCc2cccc(C)c2)on1. The zero-order valence-electron chi connectivity index (χ0n) is 11.6. The lowest BCUT2D eigenvalue weighted by Crippen LogP contribution is -2.04. The predicted octanol–water partition coefficient (Wildman–Crippen LogP) is 2.88. The molecule has 0 radical (unpaired) electrons. The highest BCUT2D eigenvalue weighted by atomic mass is 16.5. The van der Waals surface area contributed by atoms with Gasteiger partial charge < -0.3 is 14.0 Å². The monoisotopic (exact) mass is 275 g/mol. The summed E-state index contributed by atoms with van der Waals surface area (Å²) in [6, 6.07) is 9.61. The zero-order chi connectivity index (χ0) is 14.4. The second-order valence-electron chi connectivity index (χ2n) is 4.38. The van der Waals surface area contributed by atoms with Crippen molar-refractivity contribution in [2.75, 3.05) is 6.61 Å². The van der Waals surface area contributed by atoms with E-state index in [0.717, 1.165) is 5.56 Å². The van der Waals surface area contributed by atoms with Crippen molar-refractivity contribution in [3.63, 3.8) is 0 Å². The summed E-state index contributed by atoms with van der Waals surface area (Å²) in [5, 5.41) is 3.64. The highest BCUT2D eigenvalue weighted by Crippen LogP contribution is 2.10. The van der Waals surface area contributed by atoms with Gasteiger partial charge in [-0.05, 0) is 19.4 Å². The lowest BCUT2D eigenvalue weighted by molar-refractivity contribution is 0.0513. The van der Waals surface area contributed by atoms with E-state index in [9.17, 15) is 4.79 Å². The number of benzene rings is 1. The molecule has 0 saturated heterocycles. The van der Waals surface area contributed by atoms with Crippen molar-refractivity contribution < 1.29 is 18.8 Å². The van der Waals surface area contributed by atoms with Crippen LogP contribution in [-0.2, 0) is 22.7 Å². The average Bonchev–Trinajstić information content (AvgIpc) is 2.88. The van der Waals surface area contributed by atoms with Gasteiger partial charge in [0.25, 0.3) is 0 Å². The first kappa shape index (κ1) is 14.3. The molecule has 20 heavy (non-hydrogen) atoms. The van der Waals surface area contributed by atoms with E-state index in [-0.39, 0.29) is 12.3 Å². The van der Waals surface area contributed by atoms with Gasteiger partial charge in [0.15, 0.2) is 11.5 Å². The quantitative estimate of drug-likeness (QED) is 0.758. The number of esters is 1. The van der Waals surface area contributed by atoms with Crippen LogP contribution in [0.5, 0.6) is 0 Å². The Morgan fingerprint density at radius 2 is 2.15 bits per heavy atom. The first-order chi connectivity index (χ1) is 9.69. The van der Waals surface area contributed by atoms with Crippen LogP contribution in [0.1, 0.15) is 34.3 Å². The van der Waals surface area contributed by atoms with Crippen molar-refractivity contribution in [1.29, 1.82) is 0 Å². The first-order valence-electron chi connectivity index (χ1n) is 6.45. The normalized spacial score (nSPS) is 10.5. The molecule has 0 spiro atoms. The minimum Gasteiger partial charge on any atom is -0.461 e. The van der Waals surface area contributed by atoms with Crippen molar-refractivity contribution in [2.24, 2.45) is 0 Å². The lowest BCUT2D eigenvalue weighted by Gasteiger charge is -2.02. The molecule has 0 N–H and O–H groups in total. The smallest absolute Gasteiger partial charge is 0.360 e. The third kappa shape index (κ3) is 3.93. The Morgan fingerprint density at radius 3 is 2.90 bits per heavy atom. The number of carbonyl (C=O) groups excluding carboxylic acids is 1. The number of nitrogens with zero attached hydrogens (tertiary/aromatic N) is 1. The Balaban J connectivity index is 1.84. The fourth-order valence-corrected chi connectivity index (χ4v) is 1.75.